The van der Waals surface area contributed by atoms with E-state index in [1.807, 2.05) is 19.1 Å². The largest absolute Gasteiger partial charge is 0.497 e. The van der Waals surface area contributed by atoms with Crippen LogP contribution >= 0.6 is 24.0 Å². The molecule has 166 valence electrons. The quantitative estimate of drug-likeness (QED) is 0.302. The van der Waals surface area contributed by atoms with Gasteiger partial charge < -0.3 is 15.4 Å². The summed E-state index contributed by atoms with van der Waals surface area (Å²) in [6.45, 7) is 2.79. The third-order valence-electron chi connectivity index (χ3n) is 5.64. The highest BCUT2D eigenvalue weighted by atomic mass is 127. The number of guanidine groups is 1. The summed E-state index contributed by atoms with van der Waals surface area (Å²) < 4.78 is 28.1. The number of halogens is 1. The number of nitrogens with zero attached hydrogens (tertiary/aromatic N) is 1. The molecule has 0 amide bonds. The van der Waals surface area contributed by atoms with Crippen LogP contribution in [0.3, 0.4) is 0 Å². The van der Waals surface area contributed by atoms with E-state index in [1.54, 1.807) is 14.2 Å². The molecule has 1 aliphatic rings. The minimum absolute atomic E-state index is 0. The lowest BCUT2D eigenvalue weighted by atomic mass is 9.69. The Labute approximate surface area is 193 Å². The van der Waals surface area contributed by atoms with Gasteiger partial charge >= 0.3 is 0 Å². The Hall–Kier alpha value is -1.03. The molecule has 0 aromatic heterocycles. The van der Waals surface area contributed by atoms with Gasteiger partial charge in [0.05, 0.1) is 12.9 Å². The first-order valence-corrected chi connectivity index (χ1v) is 12.1. The zero-order chi connectivity index (χ0) is 20.6. The molecular formula is C21H36IN3O3S. The number of hydrogen-bond acceptors (Lipinski definition) is 4. The average Bonchev–Trinajstić information content (AvgIpc) is 2.69. The molecule has 1 aliphatic carbocycles. The molecule has 1 unspecified atom stereocenters. The lowest BCUT2D eigenvalue weighted by Gasteiger charge is -2.38. The molecule has 0 radical (unpaired) electrons. The Morgan fingerprint density at radius 3 is 2.34 bits per heavy atom. The van der Waals surface area contributed by atoms with E-state index in [-0.39, 0.29) is 41.2 Å². The molecule has 1 saturated carbocycles. The highest BCUT2D eigenvalue weighted by molar-refractivity contribution is 14.0. The summed E-state index contributed by atoms with van der Waals surface area (Å²) in [5.74, 6) is 1.77. The molecule has 1 fully saturated rings. The number of nitrogens with one attached hydrogen (secondary N) is 2. The van der Waals surface area contributed by atoms with Gasteiger partial charge in [0.2, 0.25) is 0 Å². The molecule has 0 heterocycles. The Morgan fingerprint density at radius 1 is 1.21 bits per heavy atom. The fourth-order valence-corrected chi connectivity index (χ4v) is 4.67. The summed E-state index contributed by atoms with van der Waals surface area (Å²) in [4.78, 5) is 4.33. The summed E-state index contributed by atoms with van der Waals surface area (Å²) in [7, 11) is 0.484. The van der Waals surface area contributed by atoms with Crippen molar-refractivity contribution in [1.82, 2.24) is 10.6 Å². The Balaban J connectivity index is 0.00000420. The molecular weight excluding hydrogens is 501 g/mol. The van der Waals surface area contributed by atoms with Crippen LogP contribution in [0.25, 0.3) is 0 Å². The Morgan fingerprint density at radius 2 is 1.83 bits per heavy atom. The second-order valence-corrected chi connectivity index (χ2v) is 10.2. The monoisotopic (exact) mass is 537 g/mol. The van der Waals surface area contributed by atoms with Crippen LogP contribution in [0.4, 0.5) is 0 Å². The van der Waals surface area contributed by atoms with Crippen LogP contribution in [0.5, 0.6) is 5.75 Å². The lowest BCUT2D eigenvalue weighted by molar-refractivity contribution is 0.290. The van der Waals surface area contributed by atoms with Gasteiger partial charge in [0.25, 0.3) is 0 Å². The third kappa shape index (κ3) is 8.32. The molecule has 1 aromatic carbocycles. The van der Waals surface area contributed by atoms with Crippen molar-refractivity contribution in [2.24, 2.45) is 4.99 Å². The number of aliphatic imine (C=N–C) groups is 1. The van der Waals surface area contributed by atoms with Crippen molar-refractivity contribution in [2.75, 3.05) is 32.7 Å². The van der Waals surface area contributed by atoms with Crippen molar-refractivity contribution in [3.63, 3.8) is 0 Å². The Bertz CT molecular complexity index is 745. The SMILES string of the molecule is CN=C(NCC1(c2ccc(OC)cc2)CCCCC1)NC(C)CCS(C)(=O)=O.I. The first kappa shape index (κ1) is 26.0. The molecule has 1 atom stereocenters. The van der Waals surface area contributed by atoms with Crippen LogP contribution in [0.2, 0.25) is 0 Å². The van der Waals surface area contributed by atoms with Crippen LogP contribution in [0.1, 0.15) is 51.0 Å². The summed E-state index contributed by atoms with van der Waals surface area (Å²) in [6, 6.07) is 8.45. The van der Waals surface area contributed by atoms with Gasteiger partial charge in [-0.25, -0.2) is 8.42 Å². The van der Waals surface area contributed by atoms with Gasteiger partial charge in [-0.3, -0.25) is 4.99 Å². The first-order chi connectivity index (χ1) is 13.3. The van der Waals surface area contributed by atoms with E-state index < -0.39 is 9.84 Å². The van der Waals surface area contributed by atoms with Gasteiger partial charge in [-0.2, -0.15) is 0 Å². The number of ether oxygens (including phenoxy) is 1. The molecule has 2 N–H and O–H groups in total. The van der Waals surface area contributed by atoms with E-state index in [0.29, 0.717) is 6.42 Å². The van der Waals surface area contributed by atoms with Crippen LogP contribution in [0, 0.1) is 0 Å². The van der Waals surface area contributed by atoms with E-state index in [0.717, 1.165) is 31.1 Å². The second-order valence-electron chi connectivity index (χ2n) is 7.96. The van der Waals surface area contributed by atoms with Crippen molar-refractivity contribution >= 4 is 39.8 Å². The molecule has 0 bridgehead atoms. The van der Waals surface area contributed by atoms with Gasteiger partial charge in [0.15, 0.2) is 5.96 Å². The molecule has 1 aromatic rings. The van der Waals surface area contributed by atoms with E-state index in [2.05, 4.69) is 27.8 Å². The standard InChI is InChI=1S/C21H35N3O3S.HI/c1-17(12-15-28(4,25)26)24-20(22-2)23-16-21(13-6-5-7-14-21)18-8-10-19(27-3)11-9-18;/h8-11,17H,5-7,12-16H2,1-4H3,(H2,22,23,24);1H. The van der Waals surface area contributed by atoms with E-state index in [9.17, 15) is 8.42 Å². The number of sulfone groups is 1. The summed E-state index contributed by atoms with van der Waals surface area (Å²) >= 11 is 0. The van der Waals surface area contributed by atoms with Crippen LogP contribution in [-0.4, -0.2) is 53.1 Å². The first-order valence-electron chi connectivity index (χ1n) is 10.1. The average molecular weight is 538 g/mol. The maximum Gasteiger partial charge on any atom is 0.191 e. The number of hydrogen-bond donors (Lipinski definition) is 2. The number of benzene rings is 1. The fraction of sp³-hybridized carbons (Fsp3) is 0.667. The van der Waals surface area contributed by atoms with Gasteiger partial charge in [0.1, 0.15) is 15.6 Å². The molecule has 0 saturated heterocycles. The molecule has 29 heavy (non-hydrogen) atoms. The summed E-state index contributed by atoms with van der Waals surface area (Å²) in [5.41, 5.74) is 1.42. The minimum Gasteiger partial charge on any atom is -0.497 e. The lowest BCUT2D eigenvalue weighted by Crippen LogP contribution is -2.48. The number of methoxy groups -OCH3 is 1. The topological polar surface area (TPSA) is 79.8 Å². The van der Waals surface area contributed by atoms with Crippen molar-refractivity contribution in [3.8, 4) is 5.75 Å². The van der Waals surface area contributed by atoms with Crippen molar-refractivity contribution in [2.45, 2.75) is 56.9 Å². The number of rotatable bonds is 8. The zero-order valence-electron chi connectivity index (χ0n) is 18.0. The van der Waals surface area contributed by atoms with E-state index in [4.69, 9.17) is 4.74 Å². The van der Waals surface area contributed by atoms with E-state index >= 15 is 0 Å². The minimum atomic E-state index is -2.95. The van der Waals surface area contributed by atoms with E-state index in [1.165, 1.54) is 31.1 Å². The van der Waals surface area contributed by atoms with Crippen molar-refractivity contribution < 1.29 is 13.2 Å². The Kier molecular flexibility index (Phi) is 10.7. The zero-order valence-corrected chi connectivity index (χ0v) is 21.2. The van der Waals surface area contributed by atoms with Crippen molar-refractivity contribution in [3.05, 3.63) is 29.8 Å². The van der Waals surface area contributed by atoms with Crippen molar-refractivity contribution in [1.29, 1.82) is 0 Å². The highest BCUT2D eigenvalue weighted by Gasteiger charge is 2.34. The van der Waals surface area contributed by atoms with Crippen LogP contribution < -0.4 is 15.4 Å². The molecule has 8 heteroatoms. The molecule has 2 rings (SSSR count). The second kappa shape index (κ2) is 12.0. The van der Waals surface area contributed by atoms with Gasteiger partial charge in [0, 0.05) is 31.3 Å². The van der Waals surface area contributed by atoms with Crippen LogP contribution in [0.15, 0.2) is 29.3 Å². The van der Waals surface area contributed by atoms with Gasteiger partial charge in [-0.05, 0) is 43.9 Å². The van der Waals surface area contributed by atoms with Gasteiger partial charge in [-0.1, -0.05) is 31.4 Å². The predicted molar refractivity (Wildman–Crippen MR) is 131 cm³/mol. The third-order valence-corrected chi connectivity index (χ3v) is 6.61. The summed E-state index contributed by atoms with van der Waals surface area (Å²) in [5, 5.41) is 6.81. The molecule has 0 aliphatic heterocycles. The summed E-state index contributed by atoms with van der Waals surface area (Å²) in [6.07, 6.45) is 7.86. The normalized spacial score (nSPS) is 17.7. The molecule has 6 nitrogen and oxygen atoms in total. The highest BCUT2D eigenvalue weighted by Crippen LogP contribution is 2.39. The maximum atomic E-state index is 11.4. The maximum absolute atomic E-state index is 11.4. The van der Waals surface area contributed by atoms with Crippen LogP contribution in [-0.2, 0) is 15.3 Å². The van der Waals surface area contributed by atoms with Gasteiger partial charge in [-0.15, -0.1) is 24.0 Å². The smallest absolute Gasteiger partial charge is 0.191 e. The molecule has 0 spiro atoms. The predicted octanol–water partition coefficient (Wildman–Crippen LogP) is 3.50. The fourth-order valence-electron chi connectivity index (χ4n) is 3.88.